The number of nitrogens with two attached hydrogens (primary N) is 1. The third-order valence-electron chi connectivity index (χ3n) is 8.37. The van der Waals surface area contributed by atoms with Crippen LogP contribution in [0.25, 0.3) is 0 Å². The van der Waals surface area contributed by atoms with Crippen LogP contribution in [0.15, 0.2) is 72.8 Å². The maximum Gasteiger partial charge on any atom is 0.326 e. The highest BCUT2D eigenvalue weighted by Crippen LogP contribution is 2.14. The van der Waals surface area contributed by atoms with Crippen LogP contribution in [0.5, 0.6) is 0 Å². The second-order valence-electron chi connectivity index (χ2n) is 13.6. The van der Waals surface area contributed by atoms with E-state index in [0.717, 1.165) is 19.1 Å². The van der Waals surface area contributed by atoms with E-state index in [1.807, 2.05) is 0 Å². The average molecular weight is 822 g/mol. The normalized spacial score (nSPS) is 13.9. The summed E-state index contributed by atoms with van der Waals surface area (Å²) in [6.07, 6.45) is 1.51. The van der Waals surface area contributed by atoms with Gasteiger partial charge in [-0.05, 0) is 30.9 Å². The van der Waals surface area contributed by atoms with Crippen LogP contribution in [-0.2, 0) is 54.4 Å². The van der Waals surface area contributed by atoms with Crippen molar-refractivity contribution in [3.63, 3.8) is 0 Å². The quantitative estimate of drug-likeness (QED) is 0.0558. The zero-order chi connectivity index (χ0) is 44.2. The Morgan fingerprint density at radius 2 is 1.19 bits per heavy atom. The summed E-state index contributed by atoms with van der Waals surface area (Å²) < 4.78 is 0. The summed E-state index contributed by atoms with van der Waals surface area (Å²) in [6.45, 7) is 6.12. The number of aliphatic carboxylic acids is 1. The molecule has 0 aliphatic carbocycles. The molecular weight excluding hydrogens is 770 g/mol. The lowest BCUT2D eigenvalue weighted by Gasteiger charge is -2.25. The number of hydrogen-bond acceptors (Lipinski definition) is 10. The molecule has 0 radical (unpaired) electrons. The van der Waals surface area contributed by atoms with Crippen LogP contribution < -0.4 is 48.3 Å². The molecule has 0 unspecified atom stereocenters. The van der Waals surface area contributed by atoms with E-state index >= 15 is 0 Å². The molecule has 11 N–H and O–H groups in total. The molecule has 2 aromatic rings. The van der Waals surface area contributed by atoms with Gasteiger partial charge in [0, 0.05) is 32.0 Å². The number of nitrogens with one attached hydrogen (secondary N) is 8. The molecule has 0 fully saturated rings. The SMILES string of the molecule is CC(=O)NC[C@H](NC(=O)/C=C/C(=O)N[C@@H](C)C(=O)NCC(=O)N[C@@H](Cc1ccccc1)C(=O)O)C(=O)N[C@H](C(=O)N[C@@H](C)C(=O)N[C@H](C(N)=O)C(C)C)c1ccccc1. The van der Waals surface area contributed by atoms with Crippen molar-refractivity contribution in [1.82, 2.24) is 42.5 Å². The van der Waals surface area contributed by atoms with Crippen LogP contribution >= 0.6 is 0 Å². The highest BCUT2D eigenvalue weighted by atomic mass is 16.4. The van der Waals surface area contributed by atoms with Gasteiger partial charge in [0.2, 0.25) is 53.2 Å². The Hall–Kier alpha value is -7.12. The molecular formula is C39H51N9O11. The monoisotopic (exact) mass is 821 g/mol. The Kier molecular flexibility index (Phi) is 19.4. The summed E-state index contributed by atoms with van der Waals surface area (Å²) in [5, 5.41) is 28.6. The fourth-order valence-corrected chi connectivity index (χ4v) is 5.16. The third-order valence-corrected chi connectivity index (χ3v) is 8.37. The van der Waals surface area contributed by atoms with E-state index in [-0.39, 0.29) is 17.9 Å². The van der Waals surface area contributed by atoms with E-state index < -0.39 is 108 Å². The van der Waals surface area contributed by atoms with Gasteiger partial charge in [-0.15, -0.1) is 0 Å². The van der Waals surface area contributed by atoms with Gasteiger partial charge in [0.1, 0.15) is 36.3 Å². The Bertz CT molecular complexity index is 1870. The van der Waals surface area contributed by atoms with Gasteiger partial charge >= 0.3 is 5.97 Å². The number of primary amides is 1. The fraction of sp³-hybridized carbons (Fsp3) is 0.385. The summed E-state index contributed by atoms with van der Waals surface area (Å²) in [7, 11) is 0. The summed E-state index contributed by atoms with van der Waals surface area (Å²) in [5.41, 5.74) is 6.34. The van der Waals surface area contributed by atoms with E-state index in [4.69, 9.17) is 5.73 Å². The fourth-order valence-electron chi connectivity index (χ4n) is 5.16. The second-order valence-corrected chi connectivity index (χ2v) is 13.6. The largest absolute Gasteiger partial charge is 0.480 e. The number of carbonyl (C=O) groups excluding carboxylic acids is 9. The lowest BCUT2D eigenvalue weighted by atomic mass is 10.0. The van der Waals surface area contributed by atoms with E-state index in [9.17, 15) is 53.1 Å². The Morgan fingerprint density at radius 3 is 1.73 bits per heavy atom. The van der Waals surface area contributed by atoms with Gasteiger partial charge in [-0.1, -0.05) is 74.5 Å². The van der Waals surface area contributed by atoms with E-state index in [1.54, 1.807) is 62.4 Å². The molecule has 2 rings (SSSR count). The topological polar surface area (TPSA) is 313 Å². The van der Waals surface area contributed by atoms with Gasteiger partial charge in [-0.2, -0.15) is 0 Å². The summed E-state index contributed by atoms with van der Waals surface area (Å²) in [5.74, 6) is -8.93. The van der Waals surface area contributed by atoms with E-state index in [1.165, 1.54) is 26.0 Å². The maximum atomic E-state index is 13.5. The minimum absolute atomic E-state index is 0.00767. The van der Waals surface area contributed by atoms with Crippen LogP contribution in [0.4, 0.5) is 0 Å². The molecule has 318 valence electrons. The molecule has 2 aromatic carbocycles. The average Bonchev–Trinajstić information content (AvgIpc) is 3.18. The summed E-state index contributed by atoms with van der Waals surface area (Å²) in [4.78, 5) is 125. The Morgan fingerprint density at radius 1 is 0.627 bits per heavy atom. The third kappa shape index (κ3) is 17.3. The number of carbonyl (C=O) groups is 10. The first-order valence-corrected chi connectivity index (χ1v) is 18.4. The Balaban J connectivity index is 2.05. The minimum atomic E-state index is -1.49. The van der Waals surface area contributed by atoms with Crippen LogP contribution in [0.2, 0.25) is 0 Å². The molecule has 20 heteroatoms. The van der Waals surface area contributed by atoms with E-state index in [2.05, 4.69) is 42.5 Å². The molecule has 0 saturated carbocycles. The number of benzene rings is 2. The predicted octanol–water partition coefficient (Wildman–Crippen LogP) is -2.42. The predicted molar refractivity (Wildman–Crippen MR) is 211 cm³/mol. The molecule has 9 amide bonds. The smallest absolute Gasteiger partial charge is 0.326 e. The molecule has 0 aliphatic heterocycles. The van der Waals surface area contributed by atoms with Crippen LogP contribution in [0.1, 0.15) is 51.8 Å². The molecule has 59 heavy (non-hydrogen) atoms. The molecule has 0 aliphatic rings. The summed E-state index contributed by atoms with van der Waals surface area (Å²) >= 11 is 0. The molecule has 0 aromatic heterocycles. The molecule has 6 atom stereocenters. The van der Waals surface area contributed by atoms with Crippen molar-refractivity contribution in [1.29, 1.82) is 0 Å². The first-order chi connectivity index (χ1) is 27.8. The van der Waals surface area contributed by atoms with Crippen molar-refractivity contribution < 1.29 is 53.1 Å². The lowest BCUT2D eigenvalue weighted by molar-refractivity contribution is -0.141. The zero-order valence-corrected chi connectivity index (χ0v) is 33.2. The first-order valence-electron chi connectivity index (χ1n) is 18.4. The van der Waals surface area contributed by atoms with Crippen molar-refractivity contribution in [3.8, 4) is 0 Å². The molecule has 20 nitrogen and oxygen atoms in total. The highest BCUT2D eigenvalue weighted by Gasteiger charge is 2.31. The van der Waals surface area contributed by atoms with Crippen molar-refractivity contribution in [3.05, 3.63) is 83.9 Å². The van der Waals surface area contributed by atoms with Crippen molar-refractivity contribution in [2.75, 3.05) is 13.1 Å². The number of carboxylic acid groups (broad SMARTS) is 1. The van der Waals surface area contributed by atoms with Gasteiger partial charge in [0.05, 0.1) is 6.54 Å². The number of hydrogen-bond donors (Lipinski definition) is 10. The number of amides is 9. The van der Waals surface area contributed by atoms with Gasteiger partial charge in [0.15, 0.2) is 0 Å². The van der Waals surface area contributed by atoms with Gasteiger partial charge in [-0.3, -0.25) is 43.2 Å². The molecule has 0 bridgehead atoms. The van der Waals surface area contributed by atoms with Gasteiger partial charge in [-0.25, -0.2) is 4.79 Å². The zero-order valence-electron chi connectivity index (χ0n) is 33.2. The highest BCUT2D eigenvalue weighted by molar-refractivity contribution is 6.01. The van der Waals surface area contributed by atoms with Crippen LogP contribution in [0.3, 0.4) is 0 Å². The van der Waals surface area contributed by atoms with Gasteiger partial charge < -0.3 is 53.4 Å². The van der Waals surface area contributed by atoms with Crippen molar-refractivity contribution in [2.24, 2.45) is 11.7 Å². The second kappa shape index (κ2) is 23.8. The standard InChI is InChI=1S/C39H51N9O11/c1-21(2)32(34(40)53)47-36(55)23(4)44-38(57)33(26-14-10-7-11-15-26)48-37(56)28(19-41-24(5)49)46-30(51)17-16-29(50)43-22(3)35(54)42-20-31(52)45-27(39(58)59)18-25-12-8-6-9-13-25/h6-17,21-23,27-28,32-33H,18-20H2,1-5H3,(H2,40,53)(H,41,49)(H,42,54)(H,43,50)(H,44,57)(H,45,52)(H,46,51)(H,47,55)(H,48,56)(H,58,59)/b17-16+/t22-,23-,27-,28-,32-,33-/m0/s1. The maximum absolute atomic E-state index is 13.5. The minimum Gasteiger partial charge on any atom is -0.480 e. The molecule has 0 heterocycles. The van der Waals surface area contributed by atoms with Gasteiger partial charge in [0.25, 0.3) is 0 Å². The molecule has 0 spiro atoms. The summed E-state index contributed by atoms with van der Waals surface area (Å²) in [6, 6.07) is 8.91. The van der Waals surface area contributed by atoms with Crippen molar-refractivity contribution in [2.45, 2.75) is 77.3 Å². The van der Waals surface area contributed by atoms with E-state index in [0.29, 0.717) is 5.56 Å². The molecule has 0 saturated heterocycles. The van der Waals surface area contributed by atoms with Crippen LogP contribution in [-0.4, -0.2) is 108 Å². The lowest BCUT2D eigenvalue weighted by Crippen LogP contribution is -2.56. The number of carboxylic acids is 1. The number of rotatable bonds is 22. The Labute approximate surface area is 340 Å². The van der Waals surface area contributed by atoms with Crippen molar-refractivity contribution >= 4 is 59.1 Å². The first kappa shape index (κ1) is 48.0. The van der Waals surface area contributed by atoms with Crippen LogP contribution in [0, 0.1) is 5.92 Å².